The van der Waals surface area contributed by atoms with Gasteiger partial charge in [-0.3, -0.25) is 14.2 Å². The lowest BCUT2D eigenvalue weighted by molar-refractivity contribution is -0.135. The number of amides is 1. The van der Waals surface area contributed by atoms with Crippen LogP contribution >= 0.6 is 11.8 Å². The van der Waals surface area contributed by atoms with Crippen molar-refractivity contribution < 1.29 is 9.53 Å². The molecule has 0 spiro atoms. The SMILES string of the molecule is O=C(CSc1nc2ccccc2c(=O)n1C[C@H]1CCCO1)N(C1CCCCC1)C1CCCCC1. The van der Waals surface area contributed by atoms with E-state index in [-0.39, 0.29) is 17.6 Å². The molecule has 34 heavy (non-hydrogen) atoms. The maximum Gasteiger partial charge on any atom is 0.262 e. The van der Waals surface area contributed by atoms with Gasteiger partial charge in [-0.05, 0) is 50.7 Å². The third-order valence-electron chi connectivity index (χ3n) is 7.79. The van der Waals surface area contributed by atoms with Crippen molar-refractivity contribution >= 4 is 28.6 Å². The fraction of sp³-hybridized carbons (Fsp3) is 0.667. The van der Waals surface area contributed by atoms with Crippen molar-refractivity contribution in [3.8, 4) is 0 Å². The predicted molar refractivity (Wildman–Crippen MR) is 136 cm³/mol. The Morgan fingerprint density at radius 3 is 2.29 bits per heavy atom. The number of benzene rings is 1. The molecule has 2 aliphatic carbocycles. The molecule has 1 atom stereocenters. The molecule has 7 heteroatoms. The molecule has 3 aliphatic rings. The van der Waals surface area contributed by atoms with E-state index >= 15 is 0 Å². The number of carbonyl (C=O) groups is 1. The van der Waals surface area contributed by atoms with Gasteiger partial charge in [0, 0.05) is 18.7 Å². The second-order valence-corrected chi connectivity index (χ2v) is 11.1. The molecule has 0 unspecified atom stereocenters. The molecule has 1 saturated heterocycles. The first-order valence-corrected chi connectivity index (χ1v) is 14.2. The molecule has 0 bridgehead atoms. The second-order valence-electron chi connectivity index (χ2n) is 10.1. The lowest BCUT2D eigenvalue weighted by Crippen LogP contribution is -2.49. The minimum absolute atomic E-state index is 0.0348. The fourth-order valence-corrected chi connectivity index (χ4v) is 6.91. The highest BCUT2D eigenvalue weighted by Gasteiger charge is 2.32. The van der Waals surface area contributed by atoms with E-state index in [1.54, 1.807) is 4.57 Å². The van der Waals surface area contributed by atoms with Gasteiger partial charge in [0.1, 0.15) is 0 Å². The largest absolute Gasteiger partial charge is 0.376 e. The summed E-state index contributed by atoms with van der Waals surface area (Å²) in [6, 6.07) is 8.27. The molecule has 5 rings (SSSR count). The van der Waals surface area contributed by atoms with Gasteiger partial charge < -0.3 is 9.64 Å². The van der Waals surface area contributed by atoms with Crippen molar-refractivity contribution in [3.63, 3.8) is 0 Å². The zero-order valence-electron chi connectivity index (χ0n) is 20.1. The maximum atomic E-state index is 13.7. The zero-order chi connectivity index (χ0) is 23.3. The van der Waals surface area contributed by atoms with Gasteiger partial charge in [-0.25, -0.2) is 4.98 Å². The minimum Gasteiger partial charge on any atom is -0.376 e. The van der Waals surface area contributed by atoms with E-state index in [9.17, 15) is 9.59 Å². The second kappa shape index (κ2) is 11.3. The van der Waals surface area contributed by atoms with Crippen LogP contribution in [0.3, 0.4) is 0 Å². The molecule has 2 aromatic rings. The molecule has 0 radical (unpaired) electrons. The molecule has 0 N–H and O–H groups in total. The number of aromatic nitrogens is 2. The monoisotopic (exact) mass is 483 g/mol. The average Bonchev–Trinajstić information content (AvgIpc) is 3.40. The van der Waals surface area contributed by atoms with Crippen LogP contribution in [0.15, 0.2) is 34.2 Å². The summed E-state index contributed by atoms with van der Waals surface area (Å²) in [6.45, 7) is 1.25. The molecule has 3 fully saturated rings. The number of fused-ring (bicyclic) bond motifs is 1. The number of nitrogens with zero attached hydrogens (tertiary/aromatic N) is 3. The first kappa shape index (κ1) is 23.9. The number of carbonyl (C=O) groups excluding carboxylic acids is 1. The summed E-state index contributed by atoms with van der Waals surface area (Å²) < 4.78 is 7.58. The number of hydrogen-bond donors (Lipinski definition) is 0. The Bertz CT molecular complexity index is 1020. The number of thioether (sulfide) groups is 1. The third kappa shape index (κ3) is 5.35. The minimum atomic E-state index is -0.0348. The smallest absolute Gasteiger partial charge is 0.262 e. The van der Waals surface area contributed by atoms with E-state index in [0.717, 1.165) is 45.1 Å². The molecule has 1 aromatic heterocycles. The standard InChI is InChI=1S/C27H37N3O3S/c31-25(30(20-10-3-1-4-11-20)21-12-5-2-6-13-21)19-34-27-28-24-16-8-7-15-23(24)26(32)29(27)18-22-14-9-17-33-22/h7-8,15-16,20-22H,1-6,9-14,17-19H2/t22-/m1/s1. The van der Waals surface area contributed by atoms with Crippen LogP contribution in [0.5, 0.6) is 0 Å². The van der Waals surface area contributed by atoms with Gasteiger partial charge in [-0.2, -0.15) is 0 Å². The molecular formula is C27H37N3O3S. The summed E-state index contributed by atoms with van der Waals surface area (Å²) in [5, 5.41) is 1.27. The van der Waals surface area contributed by atoms with Gasteiger partial charge in [-0.1, -0.05) is 62.4 Å². The molecule has 6 nitrogen and oxygen atoms in total. The van der Waals surface area contributed by atoms with Crippen molar-refractivity contribution in [2.45, 2.75) is 107 Å². The van der Waals surface area contributed by atoms with Crippen LogP contribution in [0.1, 0.15) is 77.0 Å². The topological polar surface area (TPSA) is 64.4 Å². The molecule has 2 saturated carbocycles. The van der Waals surface area contributed by atoms with E-state index in [1.807, 2.05) is 24.3 Å². The van der Waals surface area contributed by atoms with Crippen molar-refractivity contribution in [1.29, 1.82) is 0 Å². The van der Waals surface area contributed by atoms with Crippen LogP contribution in [0.4, 0.5) is 0 Å². The summed E-state index contributed by atoms with van der Waals surface area (Å²) in [6.07, 6.45) is 14.0. The van der Waals surface area contributed by atoms with Crippen molar-refractivity contribution in [3.05, 3.63) is 34.6 Å². The Kier molecular flexibility index (Phi) is 7.90. The summed E-state index contributed by atoms with van der Waals surface area (Å²) >= 11 is 1.43. The highest BCUT2D eigenvalue weighted by molar-refractivity contribution is 7.99. The molecular weight excluding hydrogens is 446 g/mol. The first-order chi connectivity index (χ1) is 16.7. The van der Waals surface area contributed by atoms with E-state index in [4.69, 9.17) is 9.72 Å². The third-order valence-corrected chi connectivity index (χ3v) is 8.75. The lowest BCUT2D eigenvalue weighted by Gasteiger charge is -2.41. The van der Waals surface area contributed by atoms with Crippen molar-refractivity contribution in [2.24, 2.45) is 0 Å². The quantitative estimate of drug-likeness (QED) is 0.402. The number of hydrogen-bond acceptors (Lipinski definition) is 5. The summed E-state index contributed by atoms with van der Waals surface area (Å²) in [5.41, 5.74) is 0.662. The van der Waals surface area contributed by atoms with Gasteiger partial charge in [0.2, 0.25) is 5.91 Å². The summed E-state index contributed by atoms with van der Waals surface area (Å²) in [5.74, 6) is 0.554. The molecule has 1 amide bonds. The van der Waals surface area contributed by atoms with E-state index in [1.165, 1.54) is 50.3 Å². The maximum absolute atomic E-state index is 13.7. The van der Waals surface area contributed by atoms with E-state index < -0.39 is 0 Å². The highest BCUT2D eigenvalue weighted by Crippen LogP contribution is 2.31. The highest BCUT2D eigenvalue weighted by atomic mass is 32.2. The Labute approximate surface area is 206 Å². The molecule has 2 heterocycles. The molecule has 1 aromatic carbocycles. The van der Waals surface area contributed by atoms with Gasteiger partial charge >= 0.3 is 0 Å². The fourth-order valence-electron chi connectivity index (χ4n) is 6.04. The Balaban J connectivity index is 1.38. The summed E-state index contributed by atoms with van der Waals surface area (Å²) in [7, 11) is 0. The van der Waals surface area contributed by atoms with Crippen molar-refractivity contribution in [2.75, 3.05) is 12.4 Å². The van der Waals surface area contributed by atoms with E-state index in [0.29, 0.717) is 40.4 Å². The van der Waals surface area contributed by atoms with Crippen LogP contribution in [0.25, 0.3) is 10.9 Å². The van der Waals surface area contributed by atoms with Gasteiger partial charge in [0.05, 0.1) is 29.3 Å². The van der Waals surface area contributed by atoms with Gasteiger partial charge in [-0.15, -0.1) is 0 Å². The Morgan fingerprint density at radius 1 is 0.971 bits per heavy atom. The van der Waals surface area contributed by atoms with Crippen LogP contribution in [-0.4, -0.2) is 50.9 Å². The molecule has 184 valence electrons. The Hall–Kier alpha value is -1.86. The van der Waals surface area contributed by atoms with Gasteiger partial charge in [0.15, 0.2) is 5.16 Å². The lowest BCUT2D eigenvalue weighted by atomic mass is 9.88. The van der Waals surface area contributed by atoms with Crippen LogP contribution in [0.2, 0.25) is 0 Å². The Morgan fingerprint density at radius 2 is 1.65 bits per heavy atom. The van der Waals surface area contributed by atoms with Gasteiger partial charge in [0.25, 0.3) is 5.56 Å². The van der Waals surface area contributed by atoms with E-state index in [2.05, 4.69) is 4.90 Å². The van der Waals surface area contributed by atoms with Crippen LogP contribution < -0.4 is 5.56 Å². The number of ether oxygens (including phenoxy) is 1. The zero-order valence-corrected chi connectivity index (χ0v) is 20.9. The van der Waals surface area contributed by atoms with Crippen LogP contribution in [-0.2, 0) is 16.1 Å². The average molecular weight is 484 g/mol. The van der Waals surface area contributed by atoms with Crippen molar-refractivity contribution in [1.82, 2.24) is 14.5 Å². The number of rotatable bonds is 7. The first-order valence-electron chi connectivity index (χ1n) is 13.3. The number of para-hydroxylation sites is 1. The van der Waals surface area contributed by atoms with Crippen LogP contribution in [0, 0.1) is 0 Å². The molecule has 1 aliphatic heterocycles. The predicted octanol–water partition coefficient (Wildman–Crippen LogP) is 5.16. The summed E-state index contributed by atoms with van der Waals surface area (Å²) in [4.78, 5) is 34.1. The normalized spacial score (nSPS) is 22.3.